The Morgan fingerprint density at radius 3 is 2.64 bits per heavy atom. The van der Waals surface area contributed by atoms with Gasteiger partial charge in [0.15, 0.2) is 0 Å². The molecule has 148 valence electrons. The average Bonchev–Trinajstić information content (AvgIpc) is 3.10. The fraction of sp³-hybridized carbons (Fsp3) is 0.391. The third-order valence-electron chi connectivity index (χ3n) is 5.31. The van der Waals surface area contributed by atoms with Gasteiger partial charge >= 0.3 is 0 Å². The molecule has 0 aliphatic carbocycles. The van der Waals surface area contributed by atoms with Gasteiger partial charge in [0.2, 0.25) is 11.8 Å². The lowest BCUT2D eigenvalue weighted by Crippen LogP contribution is -2.29. The van der Waals surface area contributed by atoms with E-state index in [4.69, 9.17) is 4.74 Å². The van der Waals surface area contributed by atoms with Crippen LogP contribution in [0.25, 0.3) is 0 Å². The van der Waals surface area contributed by atoms with Crippen molar-refractivity contribution in [3.8, 4) is 5.75 Å². The number of nitrogens with one attached hydrogen (secondary N) is 1. The molecule has 0 saturated carbocycles. The van der Waals surface area contributed by atoms with Gasteiger partial charge < -0.3 is 15.0 Å². The summed E-state index contributed by atoms with van der Waals surface area (Å²) in [4.78, 5) is 27.3. The standard InChI is InChI=1S/C23H28N2O3/c1-4-16(3)18-10-6-8-12-20(18)25-15-17(14-22(25)26)23(27)24-19-11-7-9-13-21(19)28-5-2/h6-13,16-17H,4-5,14-15H2,1-3H3,(H,24,27). The Hall–Kier alpha value is -2.82. The number of ether oxygens (including phenoxy) is 1. The van der Waals surface area contributed by atoms with Crippen molar-refractivity contribution in [2.45, 2.75) is 39.5 Å². The van der Waals surface area contributed by atoms with Crippen LogP contribution < -0.4 is 15.0 Å². The minimum absolute atomic E-state index is 0.00556. The number of carbonyl (C=O) groups is 2. The van der Waals surface area contributed by atoms with Gasteiger partial charge in [-0.05, 0) is 43.0 Å². The minimum Gasteiger partial charge on any atom is -0.492 e. The summed E-state index contributed by atoms with van der Waals surface area (Å²) < 4.78 is 5.57. The molecule has 0 radical (unpaired) electrons. The maximum Gasteiger partial charge on any atom is 0.229 e. The maximum atomic E-state index is 12.8. The van der Waals surface area contributed by atoms with Gasteiger partial charge in [-0.3, -0.25) is 9.59 Å². The van der Waals surface area contributed by atoms with Crippen molar-refractivity contribution in [3.63, 3.8) is 0 Å². The van der Waals surface area contributed by atoms with Crippen LogP contribution >= 0.6 is 0 Å². The molecule has 2 aromatic carbocycles. The van der Waals surface area contributed by atoms with Crippen molar-refractivity contribution in [1.82, 2.24) is 0 Å². The van der Waals surface area contributed by atoms with Crippen LogP contribution in [0.3, 0.4) is 0 Å². The molecular formula is C23H28N2O3. The van der Waals surface area contributed by atoms with E-state index in [2.05, 4.69) is 25.2 Å². The van der Waals surface area contributed by atoms with Gasteiger partial charge in [0.25, 0.3) is 0 Å². The summed E-state index contributed by atoms with van der Waals surface area (Å²) in [7, 11) is 0. The molecule has 0 bridgehead atoms. The summed E-state index contributed by atoms with van der Waals surface area (Å²) in [6, 6.07) is 15.4. The fourth-order valence-corrected chi connectivity index (χ4v) is 3.57. The SMILES string of the molecule is CCOc1ccccc1NC(=O)C1CC(=O)N(c2ccccc2C(C)CC)C1. The first-order chi connectivity index (χ1) is 13.5. The highest BCUT2D eigenvalue weighted by Crippen LogP contribution is 2.34. The van der Waals surface area contributed by atoms with Crippen LogP contribution in [0.1, 0.15) is 45.1 Å². The number of carbonyl (C=O) groups excluding carboxylic acids is 2. The van der Waals surface area contributed by atoms with Crippen molar-refractivity contribution in [1.29, 1.82) is 0 Å². The molecule has 1 aliphatic rings. The predicted molar refractivity (Wildman–Crippen MR) is 112 cm³/mol. The molecule has 2 amide bonds. The molecule has 28 heavy (non-hydrogen) atoms. The molecule has 1 fully saturated rings. The zero-order chi connectivity index (χ0) is 20.1. The van der Waals surface area contributed by atoms with Crippen molar-refractivity contribution < 1.29 is 14.3 Å². The van der Waals surface area contributed by atoms with Gasteiger partial charge in [0.1, 0.15) is 5.75 Å². The Morgan fingerprint density at radius 1 is 1.18 bits per heavy atom. The van der Waals surface area contributed by atoms with Crippen molar-refractivity contribution >= 4 is 23.2 Å². The molecule has 0 spiro atoms. The van der Waals surface area contributed by atoms with Gasteiger partial charge in [-0.1, -0.05) is 44.2 Å². The Morgan fingerprint density at radius 2 is 1.89 bits per heavy atom. The van der Waals surface area contributed by atoms with Gasteiger partial charge in [-0.25, -0.2) is 0 Å². The first-order valence-electron chi connectivity index (χ1n) is 9.97. The van der Waals surface area contributed by atoms with E-state index in [9.17, 15) is 9.59 Å². The number of benzene rings is 2. The number of hydrogen-bond donors (Lipinski definition) is 1. The van der Waals surface area contributed by atoms with Crippen LogP contribution in [0.15, 0.2) is 48.5 Å². The number of nitrogens with zero attached hydrogens (tertiary/aromatic N) is 1. The van der Waals surface area contributed by atoms with Gasteiger partial charge in [0.05, 0.1) is 18.2 Å². The zero-order valence-electron chi connectivity index (χ0n) is 16.8. The van der Waals surface area contributed by atoms with E-state index >= 15 is 0 Å². The fourth-order valence-electron chi connectivity index (χ4n) is 3.57. The second kappa shape index (κ2) is 8.91. The summed E-state index contributed by atoms with van der Waals surface area (Å²) in [5.41, 5.74) is 2.72. The second-order valence-electron chi connectivity index (χ2n) is 7.19. The first kappa shape index (κ1) is 19.9. The van der Waals surface area contributed by atoms with E-state index in [1.165, 1.54) is 0 Å². The Balaban J connectivity index is 1.76. The van der Waals surface area contributed by atoms with Gasteiger partial charge in [0, 0.05) is 18.7 Å². The molecule has 3 rings (SSSR count). The molecule has 2 aromatic rings. The molecular weight excluding hydrogens is 352 g/mol. The normalized spacial score (nSPS) is 17.5. The smallest absolute Gasteiger partial charge is 0.229 e. The third kappa shape index (κ3) is 4.19. The summed E-state index contributed by atoms with van der Waals surface area (Å²) in [6.07, 6.45) is 1.22. The molecule has 1 heterocycles. The highest BCUT2D eigenvalue weighted by molar-refractivity contribution is 6.04. The largest absolute Gasteiger partial charge is 0.492 e. The maximum absolute atomic E-state index is 12.8. The third-order valence-corrected chi connectivity index (χ3v) is 5.31. The van der Waals surface area contributed by atoms with Crippen molar-refractivity contribution in [2.75, 3.05) is 23.4 Å². The minimum atomic E-state index is -0.382. The summed E-state index contributed by atoms with van der Waals surface area (Å²) in [5, 5.41) is 2.94. The predicted octanol–water partition coefficient (Wildman–Crippen LogP) is 4.59. The molecule has 0 aromatic heterocycles. The lowest BCUT2D eigenvalue weighted by molar-refractivity contribution is -0.122. The second-order valence-corrected chi connectivity index (χ2v) is 7.19. The topological polar surface area (TPSA) is 58.6 Å². The highest BCUT2D eigenvalue weighted by Gasteiger charge is 2.36. The Bertz CT molecular complexity index is 849. The molecule has 1 saturated heterocycles. The van der Waals surface area contributed by atoms with Crippen LogP contribution in [-0.4, -0.2) is 25.0 Å². The van der Waals surface area contributed by atoms with E-state index in [1.54, 1.807) is 4.90 Å². The Kier molecular flexibility index (Phi) is 6.34. The molecule has 5 heteroatoms. The molecule has 2 unspecified atom stereocenters. The zero-order valence-corrected chi connectivity index (χ0v) is 16.8. The summed E-state index contributed by atoms with van der Waals surface area (Å²) in [6.45, 7) is 7.12. The number of rotatable bonds is 7. The van der Waals surface area contributed by atoms with E-state index in [0.29, 0.717) is 30.5 Å². The summed E-state index contributed by atoms with van der Waals surface area (Å²) >= 11 is 0. The lowest BCUT2D eigenvalue weighted by Gasteiger charge is -2.23. The number of para-hydroxylation sites is 3. The highest BCUT2D eigenvalue weighted by atomic mass is 16.5. The van der Waals surface area contributed by atoms with Gasteiger partial charge in [-0.2, -0.15) is 0 Å². The monoisotopic (exact) mass is 380 g/mol. The summed E-state index contributed by atoms with van der Waals surface area (Å²) in [5.74, 6) is 0.460. The van der Waals surface area contributed by atoms with Crippen molar-refractivity contribution in [3.05, 3.63) is 54.1 Å². The van der Waals surface area contributed by atoms with Crippen LogP contribution in [0.5, 0.6) is 5.75 Å². The quantitative estimate of drug-likeness (QED) is 0.764. The molecule has 5 nitrogen and oxygen atoms in total. The van der Waals surface area contributed by atoms with Crippen molar-refractivity contribution in [2.24, 2.45) is 5.92 Å². The van der Waals surface area contributed by atoms with E-state index in [0.717, 1.165) is 17.7 Å². The van der Waals surface area contributed by atoms with Crippen LogP contribution in [0.4, 0.5) is 11.4 Å². The Labute approximate surface area is 166 Å². The van der Waals surface area contributed by atoms with Gasteiger partial charge in [-0.15, -0.1) is 0 Å². The number of hydrogen-bond acceptors (Lipinski definition) is 3. The first-order valence-corrected chi connectivity index (χ1v) is 9.97. The van der Waals surface area contributed by atoms with Crippen LogP contribution in [-0.2, 0) is 9.59 Å². The number of amides is 2. The van der Waals surface area contributed by atoms with E-state index in [1.807, 2.05) is 49.4 Å². The van der Waals surface area contributed by atoms with Crippen LogP contribution in [0.2, 0.25) is 0 Å². The molecule has 1 aliphatic heterocycles. The lowest BCUT2D eigenvalue weighted by atomic mass is 9.96. The van der Waals surface area contributed by atoms with Crippen LogP contribution in [0, 0.1) is 5.92 Å². The number of anilines is 2. The van der Waals surface area contributed by atoms with E-state index < -0.39 is 0 Å². The molecule has 2 atom stereocenters. The molecule has 1 N–H and O–H groups in total. The average molecular weight is 380 g/mol. The van der Waals surface area contributed by atoms with E-state index in [-0.39, 0.29) is 24.2 Å².